The van der Waals surface area contributed by atoms with E-state index in [4.69, 9.17) is 0 Å². The summed E-state index contributed by atoms with van der Waals surface area (Å²) in [6.07, 6.45) is 3.40. The lowest BCUT2D eigenvalue weighted by Gasteiger charge is -2.22. The maximum Gasteiger partial charge on any atom is 0.222 e. The van der Waals surface area contributed by atoms with E-state index in [1.54, 1.807) is 10.9 Å². The zero-order valence-corrected chi connectivity index (χ0v) is 12.6. The predicted molar refractivity (Wildman–Crippen MR) is 79.9 cm³/mol. The number of likely N-dealkylation sites (tertiary alicyclic amines) is 1. The lowest BCUT2D eigenvalue weighted by Crippen LogP contribution is -2.35. The molecule has 0 spiro atoms. The molecule has 2 aromatic heterocycles. The topological polar surface area (TPSA) is 75.9 Å². The SMILES string of the molecule is Cc1nc(N[C@@H](C)CN2CCCC2=O)c2cnn(C)c2n1. The molecule has 3 heterocycles. The molecule has 1 fully saturated rings. The molecule has 7 heteroatoms. The van der Waals surface area contributed by atoms with Crippen molar-refractivity contribution < 1.29 is 4.79 Å². The molecule has 21 heavy (non-hydrogen) atoms. The zero-order chi connectivity index (χ0) is 15.0. The molecule has 1 saturated heterocycles. The molecule has 112 valence electrons. The molecule has 3 rings (SSSR count). The minimum Gasteiger partial charge on any atom is -0.365 e. The van der Waals surface area contributed by atoms with Crippen LogP contribution >= 0.6 is 0 Å². The molecule has 0 aliphatic carbocycles. The second-order valence-electron chi connectivity index (χ2n) is 5.61. The third-order valence-corrected chi connectivity index (χ3v) is 3.75. The standard InChI is InChI=1S/C14H20N6O/c1-9(8-20-6-4-5-12(20)21)16-13-11-7-15-19(3)14(11)18-10(2)17-13/h7,9H,4-6,8H2,1-3H3,(H,16,17,18)/t9-/m0/s1. The van der Waals surface area contributed by atoms with E-state index in [0.717, 1.165) is 29.8 Å². The Kier molecular flexibility index (Phi) is 3.48. The van der Waals surface area contributed by atoms with Crippen LogP contribution in [-0.4, -0.2) is 49.7 Å². The molecule has 0 unspecified atom stereocenters. The number of aryl methyl sites for hydroxylation is 2. The van der Waals surface area contributed by atoms with Crippen molar-refractivity contribution in [3.8, 4) is 0 Å². The van der Waals surface area contributed by atoms with E-state index in [0.29, 0.717) is 18.8 Å². The highest BCUT2D eigenvalue weighted by molar-refractivity contribution is 5.86. The molecule has 7 nitrogen and oxygen atoms in total. The van der Waals surface area contributed by atoms with Crippen molar-refractivity contribution in [1.29, 1.82) is 0 Å². The fourth-order valence-electron chi connectivity index (χ4n) is 2.75. The molecule has 1 atom stereocenters. The van der Waals surface area contributed by atoms with Gasteiger partial charge in [0.2, 0.25) is 5.91 Å². The number of hydrogen-bond acceptors (Lipinski definition) is 5. The van der Waals surface area contributed by atoms with Gasteiger partial charge < -0.3 is 10.2 Å². The van der Waals surface area contributed by atoms with Gasteiger partial charge in [-0.1, -0.05) is 0 Å². The lowest BCUT2D eigenvalue weighted by atomic mass is 10.3. The van der Waals surface area contributed by atoms with Crippen LogP contribution in [0, 0.1) is 6.92 Å². The maximum atomic E-state index is 11.7. The van der Waals surface area contributed by atoms with Gasteiger partial charge in [0.1, 0.15) is 11.6 Å². The highest BCUT2D eigenvalue weighted by atomic mass is 16.2. The van der Waals surface area contributed by atoms with Gasteiger partial charge in [-0.25, -0.2) is 9.97 Å². The second-order valence-corrected chi connectivity index (χ2v) is 5.61. The Morgan fingerprint density at radius 3 is 2.95 bits per heavy atom. The number of aromatic nitrogens is 4. The van der Waals surface area contributed by atoms with Crippen molar-refractivity contribution in [2.24, 2.45) is 7.05 Å². The number of nitrogens with zero attached hydrogens (tertiary/aromatic N) is 5. The summed E-state index contributed by atoms with van der Waals surface area (Å²) >= 11 is 0. The molecule has 0 saturated carbocycles. The van der Waals surface area contributed by atoms with Gasteiger partial charge in [0.05, 0.1) is 11.6 Å². The Morgan fingerprint density at radius 2 is 2.24 bits per heavy atom. The van der Waals surface area contributed by atoms with E-state index in [9.17, 15) is 4.79 Å². The van der Waals surface area contributed by atoms with Crippen LogP contribution in [0.5, 0.6) is 0 Å². The van der Waals surface area contributed by atoms with Crippen molar-refractivity contribution in [3.63, 3.8) is 0 Å². The Bertz CT molecular complexity index is 679. The third-order valence-electron chi connectivity index (χ3n) is 3.75. The fraction of sp³-hybridized carbons (Fsp3) is 0.571. The van der Waals surface area contributed by atoms with Crippen LogP contribution in [0.2, 0.25) is 0 Å². The summed E-state index contributed by atoms with van der Waals surface area (Å²) in [4.78, 5) is 22.5. The number of amides is 1. The van der Waals surface area contributed by atoms with Crippen LogP contribution in [0.3, 0.4) is 0 Å². The number of anilines is 1. The van der Waals surface area contributed by atoms with E-state index in [2.05, 4.69) is 27.3 Å². The van der Waals surface area contributed by atoms with Crippen molar-refractivity contribution in [1.82, 2.24) is 24.6 Å². The predicted octanol–water partition coefficient (Wildman–Crippen LogP) is 1.09. The van der Waals surface area contributed by atoms with Gasteiger partial charge in [0, 0.05) is 32.6 Å². The van der Waals surface area contributed by atoms with Crippen LogP contribution in [0.1, 0.15) is 25.6 Å². The molecule has 0 aromatic carbocycles. The Labute approximate surface area is 123 Å². The molecular weight excluding hydrogens is 268 g/mol. The molecule has 1 amide bonds. The van der Waals surface area contributed by atoms with E-state index < -0.39 is 0 Å². The highest BCUT2D eigenvalue weighted by Gasteiger charge is 2.22. The smallest absolute Gasteiger partial charge is 0.222 e. The Balaban J connectivity index is 1.79. The quantitative estimate of drug-likeness (QED) is 0.911. The first-order chi connectivity index (χ1) is 10.0. The van der Waals surface area contributed by atoms with Crippen LogP contribution in [0.4, 0.5) is 5.82 Å². The van der Waals surface area contributed by atoms with Crippen molar-refractivity contribution in [3.05, 3.63) is 12.0 Å². The summed E-state index contributed by atoms with van der Waals surface area (Å²) in [7, 11) is 1.87. The first kappa shape index (κ1) is 13.8. The van der Waals surface area contributed by atoms with Crippen molar-refractivity contribution in [2.75, 3.05) is 18.4 Å². The van der Waals surface area contributed by atoms with Crippen LogP contribution in [-0.2, 0) is 11.8 Å². The molecule has 2 aromatic rings. The van der Waals surface area contributed by atoms with Gasteiger partial charge in [0.25, 0.3) is 0 Å². The Morgan fingerprint density at radius 1 is 1.43 bits per heavy atom. The fourth-order valence-corrected chi connectivity index (χ4v) is 2.75. The molecule has 0 bridgehead atoms. The van der Waals surface area contributed by atoms with Crippen LogP contribution in [0.15, 0.2) is 6.20 Å². The first-order valence-electron chi connectivity index (χ1n) is 7.25. The number of carbonyl (C=O) groups excluding carboxylic acids is 1. The van der Waals surface area contributed by atoms with Gasteiger partial charge in [-0.15, -0.1) is 0 Å². The van der Waals surface area contributed by atoms with Gasteiger partial charge in [-0.3, -0.25) is 9.48 Å². The van der Waals surface area contributed by atoms with E-state index in [1.165, 1.54) is 0 Å². The average Bonchev–Trinajstić information content (AvgIpc) is 2.98. The minimum absolute atomic E-state index is 0.129. The summed E-state index contributed by atoms with van der Waals surface area (Å²) in [6.45, 7) is 5.48. The summed E-state index contributed by atoms with van der Waals surface area (Å²) in [6, 6.07) is 0.129. The minimum atomic E-state index is 0.129. The maximum absolute atomic E-state index is 11.7. The van der Waals surface area contributed by atoms with E-state index >= 15 is 0 Å². The zero-order valence-electron chi connectivity index (χ0n) is 12.6. The monoisotopic (exact) mass is 288 g/mol. The Hall–Kier alpha value is -2.18. The van der Waals surface area contributed by atoms with Gasteiger partial charge >= 0.3 is 0 Å². The molecular formula is C14H20N6O. The molecule has 1 aliphatic heterocycles. The average molecular weight is 288 g/mol. The normalized spacial score (nSPS) is 16.7. The molecule has 1 N–H and O–H groups in total. The number of fused-ring (bicyclic) bond motifs is 1. The number of nitrogens with one attached hydrogen (secondary N) is 1. The van der Waals surface area contributed by atoms with E-state index in [-0.39, 0.29) is 11.9 Å². The van der Waals surface area contributed by atoms with E-state index in [1.807, 2.05) is 18.9 Å². The number of carbonyl (C=O) groups is 1. The second kappa shape index (κ2) is 5.31. The summed E-state index contributed by atoms with van der Waals surface area (Å²) in [5.41, 5.74) is 0.814. The number of rotatable bonds is 4. The van der Waals surface area contributed by atoms with Gasteiger partial charge in [-0.2, -0.15) is 5.10 Å². The summed E-state index contributed by atoms with van der Waals surface area (Å²) < 4.78 is 1.74. The molecule has 1 aliphatic rings. The summed E-state index contributed by atoms with van der Waals surface area (Å²) in [5, 5.41) is 8.52. The van der Waals surface area contributed by atoms with Crippen LogP contribution in [0.25, 0.3) is 11.0 Å². The van der Waals surface area contributed by atoms with Crippen molar-refractivity contribution >= 4 is 22.8 Å². The van der Waals surface area contributed by atoms with Crippen LogP contribution < -0.4 is 5.32 Å². The molecule has 0 radical (unpaired) electrons. The highest BCUT2D eigenvalue weighted by Crippen LogP contribution is 2.20. The lowest BCUT2D eigenvalue weighted by molar-refractivity contribution is -0.127. The largest absolute Gasteiger partial charge is 0.365 e. The number of hydrogen-bond donors (Lipinski definition) is 1. The summed E-state index contributed by atoms with van der Waals surface area (Å²) in [5.74, 6) is 1.73. The van der Waals surface area contributed by atoms with Gasteiger partial charge in [0.15, 0.2) is 5.65 Å². The third kappa shape index (κ3) is 2.68. The van der Waals surface area contributed by atoms with Gasteiger partial charge in [-0.05, 0) is 20.3 Å². The van der Waals surface area contributed by atoms with Crippen molar-refractivity contribution in [2.45, 2.75) is 32.7 Å². The first-order valence-corrected chi connectivity index (χ1v) is 7.25.